The smallest absolute Gasteiger partial charge is 0.251 e. The topological polar surface area (TPSA) is 65.5 Å². The lowest BCUT2D eigenvalue weighted by atomic mass is 10.1. The Morgan fingerprint density at radius 2 is 1.96 bits per heavy atom. The number of aliphatic imine (C=N–C) groups is 1. The predicted molar refractivity (Wildman–Crippen MR) is 120 cm³/mol. The van der Waals surface area contributed by atoms with Gasteiger partial charge in [0, 0.05) is 25.2 Å². The number of carbonyl (C=O) groups excluding carboxylic acids is 1. The molecule has 1 aromatic heterocycles. The molecule has 2 rings (SSSR count). The molecule has 0 spiro atoms. The summed E-state index contributed by atoms with van der Waals surface area (Å²) in [5.41, 5.74) is 2.94. The summed E-state index contributed by atoms with van der Waals surface area (Å²) in [7, 11) is 0. The van der Waals surface area contributed by atoms with Crippen molar-refractivity contribution >= 4 is 47.2 Å². The van der Waals surface area contributed by atoms with Crippen LogP contribution in [0.3, 0.4) is 0 Å². The molecule has 0 saturated heterocycles. The zero-order valence-corrected chi connectivity index (χ0v) is 18.4. The van der Waals surface area contributed by atoms with Crippen molar-refractivity contribution < 1.29 is 4.79 Å². The van der Waals surface area contributed by atoms with Crippen LogP contribution in [0, 0.1) is 0 Å². The number of hydrogen-bond donors (Lipinski definition) is 3. The van der Waals surface area contributed by atoms with Crippen LogP contribution in [0.25, 0.3) is 0 Å². The molecule has 5 nitrogen and oxygen atoms in total. The maximum atomic E-state index is 12.1. The van der Waals surface area contributed by atoms with Crippen LogP contribution >= 0.6 is 35.3 Å². The minimum atomic E-state index is -0.0262. The second-order valence-corrected chi connectivity index (χ2v) is 6.42. The molecule has 1 heterocycles. The van der Waals surface area contributed by atoms with Gasteiger partial charge in [0.05, 0.1) is 6.54 Å². The molecular weight excluding hydrogens is 459 g/mol. The van der Waals surface area contributed by atoms with E-state index in [2.05, 4.69) is 37.8 Å². The van der Waals surface area contributed by atoms with Gasteiger partial charge in [-0.05, 0) is 53.4 Å². The van der Waals surface area contributed by atoms with E-state index in [-0.39, 0.29) is 29.9 Å². The van der Waals surface area contributed by atoms with Crippen molar-refractivity contribution in [2.45, 2.75) is 33.4 Å². The zero-order valence-electron chi connectivity index (χ0n) is 15.2. The summed E-state index contributed by atoms with van der Waals surface area (Å²) in [6.07, 6.45) is 0.930. The third kappa shape index (κ3) is 7.74. The van der Waals surface area contributed by atoms with Crippen LogP contribution in [-0.4, -0.2) is 25.0 Å². The number of rotatable bonds is 8. The SMILES string of the molecule is CCCNC(=O)c1cccc(CNC(=NCc2ccsc2)NCC)c1.I. The van der Waals surface area contributed by atoms with Gasteiger partial charge in [0.25, 0.3) is 5.91 Å². The van der Waals surface area contributed by atoms with Crippen molar-refractivity contribution in [3.63, 3.8) is 0 Å². The Morgan fingerprint density at radius 1 is 1.12 bits per heavy atom. The number of thiophene rings is 1. The van der Waals surface area contributed by atoms with Crippen molar-refractivity contribution in [1.82, 2.24) is 16.0 Å². The first-order valence-corrected chi connectivity index (χ1v) is 9.57. The van der Waals surface area contributed by atoms with E-state index < -0.39 is 0 Å². The molecule has 0 unspecified atom stereocenters. The second-order valence-electron chi connectivity index (χ2n) is 5.64. The molecule has 0 aliphatic heterocycles. The van der Waals surface area contributed by atoms with Crippen molar-refractivity contribution in [1.29, 1.82) is 0 Å². The van der Waals surface area contributed by atoms with E-state index in [1.54, 1.807) is 11.3 Å². The molecule has 7 heteroatoms. The van der Waals surface area contributed by atoms with Gasteiger partial charge in [-0.15, -0.1) is 24.0 Å². The molecule has 1 aromatic carbocycles. The van der Waals surface area contributed by atoms with E-state index in [9.17, 15) is 4.79 Å². The zero-order chi connectivity index (χ0) is 17.9. The van der Waals surface area contributed by atoms with Gasteiger partial charge < -0.3 is 16.0 Å². The van der Waals surface area contributed by atoms with Crippen LogP contribution in [-0.2, 0) is 13.1 Å². The van der Waals surface area contributed by atoms with Crippen LogP contribution in [0.4, 0.5) is 0 Å². The third-order valence-corrected chi connectivity index (χ3v) is 4.26. The fourth-order valence-electron chi connectivity index (χ4n) is 2.24. The van der Waals surface area contributed by atoms with Crippen molar-refractivity contribution in [3.05, 3.63) is 57.8 Å². The van der Waals surface area contributed by atoms with Crippen LogP contribution in [0.1, 0.15) is 41.8 Å². The van der Waals surface area contributed by atoms with Gasteiger partial charge in [0.2, 0.25) is 0 Å². The number of amides is 1. The summed E-state index contributed by atoms with van der Waals surface area (Å²) >= 11 is 1.68. The summed E-state index contributed by atoms with van der Waals surface area (Å²) in [6.45, 7) is 6.84. The summed E-state index contributed by atoms with van der Waals surface area (Å²) < 4.78 is 0. The molecular formula is C19H27IN4OS. The molecule has 0 saturated carbocycles. The summed E-state index contributed by atoms with van der Waals surface area (Å²) in [5.74, 6) is 0.747. The van der Waals surface area contributed by atoms with Crippen LogP contribution in [0.5, 0.6) is 0 Å². The number of benzene rings is 1. The molecule has 142 valence electrons. The van der Waals surface area contributed by atoms with Gasteiger partial charge in [-0.25, -0.2) is 4.99 Å². The summed E-state index contributed by atoms with van der Waals surface area (Å²) in [6, 6.07) is 9.75. The van der Waals surface area contributed by atoms with Crippen molar-refractivity contribution in [2.75, 3.05) is 13.1 Å². The Kier molecular flexibility index (Phi) is 11.0. The molecule has 1 amide bonds. The number of hydrogen-bond acceptors (Lipinski definition) is 3. The van der Waals surface area contributed by atoms with Gasteiger partial charge in [-0.3, -0.25) is 4.79 Å². The van der Waals surface area contributed by atoms with Crippen molar-refractivity contribution in [3.8, 4) is 0 Å². The lowest BCUT2D eigenvalue weighted by Gasteiger charge is -2.12. The highest BCUT2D eigenvalue weighted by molar-refractivity contribution is 14.0. The minimum absolute atomic E-state index is 0. The quantitative estimate of drug-likeness (QED) is 0.303. The standard InChI is InChI=1S/C19H26N4OS.HI/c1-3-9-21-18(24)17-7-5-6-15(11-17)12-22-19(20-4-2)23-13-16-8-10-25-14-16;/h5-8,10-11,14H,3-4,9,12-13H2,1-2H3,(H,21,24)(H2,20,22,23);1H. The Bertz CT molecular complexity index is 689. The van der Waals surface area contributed by atoms with E-state index in [1.807, 2.05) is 38.1 Å². The van der Waals surface area contributed by atoms with E-state index in [0.717, 1.165) is 24.5 Å². The molecule has 2 aromatic rings. The lowest BCUT2D eigenvalue weighted by Crippen LogP contribution is -2.36. The Morgan fingerprint density at radius 3 is 2.65 bits per heavy atom. The predicted octanol–water partition coefficient (Wildman–Crippen LogP) is 3.76. The monoisotopic (exact) mass is 486 g/mol. The second kappa shape index (κ2) is 12.7. The molecule has 0 atom stereocenters. The number of carbonyl (C=O) groups is 1. The highest BCUT2D eigenvalue weighted by Crippen LogP contribution is 2.07. The van der Waals surface area contributed by atoms with Gasteiger partial charge in [-0.2, -0.15) is 11.3 Å². The van der Waals surface area contributed by atoms with Crippen LogP contribution < -0.4 is 16.0 Å². The van der Waals surface area contributed by atoms with E-state index in [1.165, 1.54) is 5.56 Å². The van der Waals surface area contributed by atoms with E-state index in [0.29, 0.717) is 25.2 Å². The molecule has 0 aliphatic carbocycles. The Balaban J connectivity index is 0.00000338. The van der Waals surface area contributed by atoms with Gasteiger partial charge >= 0.3 is 0 Å². The Hall–Kier alpha value is -1.61. The molecule has 3 N–H and O–H groups in total. The summed E-state index contributed by atoms with van der Waals surface area (Å²) in [5, 5.41) is 13.6. The fraction of sp³-hybridized carbons (Fsp3) is 0.368. The average Bonchev–Trinajstić information content (AvgIpc) is 3.16. The Labute approximate surface area is 176 Å². The number of nitrogens with one attached hydrogen (secondary N) is 3. The fourth-order valence-corrected chi connectivity index (χ4v) is 2.90. The van der Waals surface area contributed by atoms with Gasteiger partial charge in [-0.1, -0.05) is 19.1 Å². The van der Waals surface area contributed by atoms with E-state index in [4.69, 9.17) is 0 Å². The maximum absolute atomic E-state index is 12.1. The first-order chi connectivity index (χ1) is 12.2. The molecule has 0 fully saturated rings. The summed E-state index contributed by atoms with van der Waals surface area (Å²) in [4.78, 5) is 16.7. The van der Waals surface area contributed by atoms with Crippen molar-refractivity contribution in [2.24, 2.45) is 4.99 Å². The first kappa shape index (κ1) is 22.4. The number of guanidine groups is 1. The molecule has 0 aliphatic rings. The number of nitrogens with zero attached hydrogens (tertiary/aromatic N) is 1. The van der Waals surface area contributed by atoms with Gasteiger partial charge in [0.1, 0.15) is 0 Å². The molecule has 0 radical (unpaired) electrons. The van der Waals surface area contributed by atoms with Gasteiger partial charge in [0.15, 0.2) is 5.96 Å². The van der Waals surface area contributed by atoms with Crippen LogP contribution in [0.15, 0.2) is 46.1 Å². The van der Waals surface area contributed by atoms with Crippen LogP contribution in [0.2, 0.25) is 0 Å². The van der Waals surface area contributed by atoms with E-state index >= 15 is 0 Å². The largest absolute Gasteiger partial charge is 0.357 e. The third-order valence-electron chi connectivity index (χ3n) is 3.53. The first-order valence-electron chi connectivity index (χ1n) is 8.63. The normalized spacial score (nSPS) is 10.8. The highest BCUT2D eigenvalue weighted by atomic mass is 127. The molecule has 26 heavy (non-hydrogen) atoms. The highest BCUT2D eigenvalue weighted by Gasteiger charge is 2.06. The minimum Gasteiger partial charge on any atom is -0.357 e. The lowest BCUT2D eigenvalue weighted by molar-refractivity contribution is 0.0953. The maximum Gasteiger partial charge on any atom is 0.251 e. The molecule has 0 bridgehead atoms. The number of halogens is 1. The average molecular weight is 486 g/mol.